The van der Waals surface area contributed by atoms with Gasteiger partial charge in [-0.3, -0.25) is 4.79 Å². The summed E-state index contributed by atoms with van der Waals surface area (Å²) < 4.78 is 23.2. The van der Waals surface area contributed by atoms with Crippen molar-refractivity contribution in [1.82, 2.24) is 15.6 Å². The molecule has 5 rings (SSSR count). The number of ether oxygens (including phenoxy) is 4. The largest absolute Gasteiger partial charge is 0.487 e. The predicted molar refractivity (Wildman–Crippen MR) is 186 cm³/mol. The van der Waals surface area contributed by atoms with Crippen molar-refractivity contribution in [2.45, 2.75) is 83.8 Å². The Hall–Kier alpha value is -4.53. The van der Waals surface area contributed by atoms with Gasteiger partial charge in [0.05, 0.1) is 12.6 Å². The zero-order chi connectivity index (χ0) is 34.3. The Kier molecular flexibility index (Phi) is 12.7. The minimum absolute atomic E-state index is 0. The van der Waals surface area contributed by atoms with E-state index >= 15 is 0 Å². The Balaban J connectivity index is 0.00000541. The molecule has 1 aliphatic carbocycles. The molecule has 3 aromatic rings. The summed E-state index contributed by atoms with van der Waals surface area (Å²) in [5.74, 6) is 6.27. The van der Waals surface area contributed by atoms with E-state index in [1.807, 2.05) is 54.6 Å². The first-order valence-electron chi connectivity index (χ1n) is 16.3. The van der Waals surface area contributed by atoms with Crippen LogP contribution in [-0.4, -0.2) is 66.1 Å². The maximum absolute atomic E-state index is 12.3. The molecular weight excluding hydrogens is 650 g/mol. The Morgan fingerprint density at radius 2 is 1.82 bits per heavy atom. The summed E-state index contributed by atoms with van der Waals surface area (Å²) in [6, 6.07) is 16.1. The zero-order valence-electron chi connectivity index (χ0n) is 28.2. The highest BCUT2D eigenvalue weighted by Crippen LogP contribution is 2.39. The van der Waals surface area contributed by atoms with Gasteiger partial charge in [0.2, 0.25) is 5.88 Å². The number of rotatable bonds is 12. The summed E-state index contributed by atoms with van der Waals surface area (Å²) in [6.45, 7) is 6.04. The number of nitrogens with one attached hydrogen (secondary N) is 2. The van der Waals surface area contributed by atoms with Crippen molar-refractivity contribution in [1.29, 1.82) is 0 Å². The van der Waals surface area contributed by atoms with Crippen LogP contribution in [-0.2, 0) is 25.7 Å². The summed E-state index contributed by atoms with van der Waals surface area (Å²) in [7, 11) is 1.37. The number of benzene rings is 2. The van der Waals surface area contributed by atoms with Crippen molar-refractivity contribution in [3.63, 3.8) is 0 Å². The van der Waals surface area contributed by atoms with Gasteiger partial charge in [0, 0.05) is 24.8 Å². The maximum atomic E-state index is 12.3. The number of aliphatic carboxylic acids is 1. The molecule has 49 heavy (non-hydrogen) atoms. The lowest BCUT2D eigenvalue weighted by molar-refractivity contribution is -0.143. The minimum atomic E-state index is -1.10. The third kappa shape index (κ3) is 10.00. The monoisotopic (exact) mass is 693 g/mol. The lowest BCUT2D eigenvalue weighted by Gasteiger charge is -2.27. The summed E-state index contributed by atoms with van der Waals surface area (Å²) in [6.07, 6.45) is 2.09. The third-order valence-electron chi connectivity index (χ3n) is 8.47. The van der Waals surface area contributed by atoms with E-state index in [1.54, 1.807) is 20.8 Å². The fraction of sp³-hybridized carbons (Fsp3) is 0.459. The van der Waals surface area contributed by atoms with Crippen molar-refractivity contribution in [2.75, 3.05) is 13.7 Å². The van der Waals surface area contributed by atoms with Gasteiger partial charge in [-0.2, -0.15) is 0 Å². The Morgan fingerprint density at radius 3 is 2.53 bits per heavy atom. The standard InChI is InChI=1S/C37H43N3O8.ClH/c1-37(2,3)32(34(41)42)40-36(44)48-30-19-24(30)15-9-6-10-17-27-31(46-22-23-13-7-5-8-14-23)26-16-11-12-18-28(26)39-33(27)47-25-20-29(38-21-25)35(43)45-4;/h5,7-8,11-14,16,18,24-25,29-30,32,38H,6,9,15,19-22H2,1-4H3,(H,40,44)(H,41,42);1H/t24-,25-,29+,30-,32-;/m1./s1. The van der Waals surface area contributed by atoms with Gasteiger partial charge >= 0.3 is 18.0 Å². The number of carbonyl (C=O) groups is 3. The van der Waals surface area contributed by atoms with Gasteiger partial charge in [-0.15, -0.1) is 12.4 Å². The molecule has 0 bridgehead atoms. The van der Waals surface area contributed by atoms with Gasteiger partial charge in [0.1, 0.15) is 42.2 Å². The second kappa shape index (κ2) is 16.7. The topological polar surface area (TPSA) is 145 Å². The smallest absolute Gasteiger partial charge is 0.408 e. The van der Waals surface area contributed by atoms with Crippen LogP contribution >= 0.6 is 12.4 Å². The second-order valence-electron chi connectivity index (χ2n) is 13.3. The van der Waals surface area contributed by atoms with Gasteiger partial charge < -0.3 is 34.7 Å². The average molecular weight is 694 g/mol. The highest BCUT2D eigenvalue weighted by atomic mass is 35.5. The normalized spacial score (nSPS) is 20.2. The number of unbranched alkanes of at least 4 members (excludes halogenated alkanes) is 1. The molecule has 1 saturated carbocycles. The Labute approximate surface area is 292 Å². The van der Waals surface area contributed by atoms with Crippen molar-refractivity contribution in [3.05, 3.63) is 65.7 Å². The van der Waals surface area contributed by atoms with Crippen molar-refractivity contribution >= 4 is 41.3 Å². The summed E-state index contributed by atoms with van der Waals surface area (Å²) in [5.41, 5.74) is 1.61. The van der Waals surface area contributed by atoms with E-state index in [0.29, 0.717) is 48.7 Å². The SMILES string of the molecule is COC(=O)[C@@H]1C[C@@H](Oc2nc3ccccc3c(OCc3ccccc3)c2C#CCCC[C@@H]2C[C@H]2OC(=O)N[C@H](C(=O)O)C(C)(C)C)CN1.Cl. The first-order valence-corrected chi connectivity index (χ1v) is 16.3. The van der Waals surface area contributed by atoms with E-state index < -0.39 is 29.6 Å². The molecule has 2 heterocycles. The maximum Gasteiger partial charge on any atom is 0.408 e. The molecule has 1 saturated heterocycles. The van der Waals surface area contributed by atoms with Crippen LogP contribution in [0, 0.1) is 23.2 Å². The van der Waals surface area contributed by atoms with Crippen LogP contribution in [0.3, 0.4) is 0 Å². The fourth-order valence-corrected chi connectivity index (χ4v) is 5.72. The molecule has 1 aliphatic heterocycles. The van der Waals surface area contributed by atoms with Crippen LogP contribution in [0.25, 0.3) is 10.9 Å². The zero-order valence-corrected chi connectivity index (χ0v) is 29.0. The molecule has 0 radical (unpaired) electrons. The van der Waals surface area contributed by atoms with E-state index in [9.17, 15) is 19.5 Å². The average Bonchev–Trinajstić information content (AvgIpc) is 3.62. The lowest BCUT2D eigenvalue weighted by Crippen LogP contribution is -2.49. The summed E-state index contributed by atoms with van der Waals surface area (Å²) in [4.78, 5) is 40.9. The number of hydrogen-bond acceptors (Lipinski definition) is 9. The number of hydrogen-bond donors (Lipinski definition) is 3. The molecule has 0 spiro atoms. The fourth-order valence-electron chi connectivity index (χ4n) is 5.72. The number of fused-ring (bicyclic) bond motifs is 1. The van der Waals surface area contributed by atoms with Crippen molar-refractivity contribution in [2.24, 2.45) is 11.3 Å². The number of carboxylic acid groups (broad SMARTS) is 1. The highest BCUT2D eigenvalue weighted by Gasteiger charge is 2.41. The number of nitrogens with zero attached hydrogens (tertiary/aromatic N) is 1. The van der Waals surface area contributed by atoms with Gasteiger partial charge in [0.15, 0.2) is 0 Å². The minimum Gasteiger partial charge on any atom is -0.487 e. The van der Waals surface area contributed by atoms with Crippen molar-refractivity contribution < 1.29 is 38.4 Å². The number of alkyl carbamates (subject to hydrolysis) is 1. The van der Waals surface area contributed by atoms with Crippen LogP contribution in [0.4, 0.5) is 4.79 Å². The van der Waals surface area contributed by atoms with Gasteiger partial charge in [-0.05, 0) is 48.3 Å². The Morgan fingerprint density at radius 1 is 1.08 bits per heavy atom. The van der Waals surface area contributed by atoms with E-state index in [2.05, 4.69) is 22.5 Å². The molecule has 5 atom stereocenters. The molecule has 262 valence electrons. The number of carboxylic acids is 1. The number of aromatic nitrogens is 1. The number of halogens is 1. The number of para-hydroxylation sites is 1. The molecule has 1 amide bonds. The number of esters is 1. The summed E-state index contributed by atoms with van der Waals surface area (Å²) >= 11 is 0. The number of pyridine rings is 1. The third-order valence-corrected chi connectivity index (χ3v) is 8.47. The molecule has 0 unspecified atom stereocenters. The Bertz CT molecular complexity index is 1680. The van der Waals surface area contributed by atoms with Crippen LogP contribution in [0.5, 0.6) is 11.6 Å². The molecular formula is C37H44ClN3O8. The molecule has 3 N–H and O–H groups in total. The second-order valence-corrected chi connectivity index (χ2v) is 13.3. The number of amides is 1. The first-order chi connectivity index (χ1) is 23.0. The molecule has 2 aromatic carbocycles. The van der Waals surface area contributed by atoms with Gasteiger partial charge in [-0.1, -0.05) is 75.1 Å². The predicted octanol–water partition coefficient (Wildman–Crippen LogP) is 5.65. The highest BCUT2D eigenvalue weighted by molar-refractivity contribution is 5.89. The van der Waals surface area contributed by atoms with E-state index in [-0.39, 0.29) is 36.5 Å². The first kappa shape index (κ1) is 37.3. The van der Waals surface area contributed by atoms with Crippen LogP contribution in [0.1, 0.15) is 64.0 Å². The van der Waals surface area contributed by atoms with Crippen molar-refractivity contribution in [3.8, 4) is 23.5 Å². The van der Waals surface area contributed by atoms with Crippen LogP contribution < -0.4 is 20.1 Å². The van der Waals surface area contributed by atoms with E-state index in [4.69, 9.17) is 23.9 Å². The van der Waals surface area contributed by atoms with Crippen LogP contribution in [0.2, 0.25) is 0 Å². The van der Waals surface area contributed by atoms with Gasteiger partial charge in [-0.25, -0.2) is 14.6 Å². The molecule has 11 nitrogen and oxygen atoms in total. The van der Waals surface area contributed by atoms with E-state index in [1.165, 1.54) is 7.11 Å². The molecule has 2 fully saturated rings. The number of carbonyl (C=O) groups excluding carboxylic acids is 2. The van der Waals surface area contributed by atoms with Gasteiger partial charge in [0.25, 0.3) is 0 Å². The quantitative estimate of drug-likeness (QED) is 0.124. The summed E-state index contributed by atoms with van der Waals surface area (Å²) in [5, 5.41) is 15.9. The van der Waals surface area contributed by atoms with Crippen LogP contribution in [0.15, 0.2) is 54.6 Å². The lowest BCUT2D eigenvalue weighted by atomic mass is 9.87. The van der Waals surface area contributed by atoms with E-state index in [0.717, 1.165) is 30.2 Å². The number of methoxy groups -OCH3 is 1. The molecule has 1 aromatic heterocycles. The molecule has 2 aliphatic rings. The molecule has 12 heteroatoms.